The number of aliphatic hydroxyl groups excluding tert-OH is 1. The average molecular weight is 254 g/mol. The minimum atomic E-state index is -0.374. The molecule has 1 atom stereocenters. The molecule has 0 unspecified atom stereocenters. The number of rotatable bonds is 6. The van der Waals surface area contributed by atoms with E-state index >= 15 is 0 Å². The highest BCUT2D eigenvalue weighted by Crippen LogP contribution is 2.61. The third-order valence-electron chi connectivity index (χ3n) is 5.59. The third kappa shape index (κ3) is 2.59. The van der Waals surface area contributed by atoms with E-state index in [-0.39, 0.29) is 6.10 Å². The van der Waals surface area contributed by atoms with Crippen molar-refractivity contribution in [3.63, 3.8) is 0 Å². The van der Waals surface area contributed by atoms with Crippen molar-refractivity contribution in [3.8, 4) is 0 Å². The van der Waals surface area contributed by atoms with Crippen LogP contribution in [0, 0.1) is 23.2 Å². The average Bonchev–Trinajstić information content (AvgIpc) is 2.32. The second-order valence-corrected chi connectivity index (χ2v) is 7.18. The molecule has 4 aliphatic rings. The van der Waals surface area contributed by atoms with Gasteiger partial charge in [-0.25, -0.2) is 0 Å². The summed E-state index contributed by atoms with van der Waals surface area (Å²) in [4.78, 5) is 0. The predicted octanol–water partition coefficient (Wildman–Crippen LogP) is 1.21. The van der Waals surface area contributed by atoms with Gasteiger partial charge in [0.25, 0.3) is 0 Å². The normalized spacial score (nSPS) is 43.3. The Bertz CT molecular complexity index is 257. The molecular formula is C15H28NO2+. The van der Waals surface area contributed by atoms with E-state index in [9.17, 15) is 5.11 Å². The summed E-state index contributed by atoms with van der Waals surface area (Å²) in [5.41, 5.74) is 4.30. The number of aliphatic hydroxyl groups is 1. The summed E-state index contributed by atoms with van der Waals surface area (Å²) in [5.74, 6) is 3.09. The molecule has 0 saturated heterocycles. The Labute approximate surface area is 110 Å². The monoisotopic (exact) mass is 254 g/mol. The molecule has 3 heteroatoms. The Morgan fingerprint density at radius 2 is 1.67 bits per heavy atom. The molecule has 0 aromatic carbocycles. The predicted molar refractivity (Wildman–Crippen MR) is 69.8 cm³/mol. The van der Waals surface area contributed by atoms with Gasteiger partial charge in [0.15, 0.2) is 0 Å². The van der Waals surface area contributed by atoms with Gasteiger partial charge in [-0.15, -0.1) is 0 Å². The highest BCUT2D eigenvalue weighted by Gasteiger charge is 2.50. The van der Waals surface area contributed by atoms with Crippen molar-refractivity contribution in [1.82, 2.24) is 0 Å². The van der Waals surface area contributed by atoms with Gasteiger partial charge in [-0.3, -0.25) is 0 Å². The molecule has 4 bridgehead atoms. The van der Waals surface area contributed by atoms with E-state index in [2.05, 4.69) is 5.73 Å². The number of hydrogen-bond acceptors (Lipinski definition) is 2. The molecule has 3 nitrogen and oxygen atoms in total. The molecule has 4 saturated carbocycles. The fraction of sp³-hybridized carbons (Fsp3) is 1.00. The quantitative estimate of drug-likeness (QED) is 0.700. The van der Waals surface area contributed by atoms with Crippen LogP contribution in [0.3, 0.4) is 0 Å². The maximum Gasteiger partial charge on any atom is 0.126 e. The molecule has 0 aliphatic heterocycles. The fourth-order valence-electron chi connectivity index (χ4n) is 5.19. The first kappa shape index (κ1) is 12.9. The van der Waals surface area contributed by atoms with Crippen molar-refractivity contribution < 1.29 is 15.6 Å². The minimum Gasteiger partial charge on any atom is -0.385 e. The fourth-order valence-corrected chi connectivity index (χ4v) is 5.19. The SMILES string of the molecule is [NH3+]C[C@@H](O)COCCC12CC3CC(CC(C3)C1)C2. The third-order valence-corrected chi connectivity index (χ3v) is 5.59. The second-order valence-electron chi connectivity index (χ2n) is 7.18. The van der Waals surface area contributed by atoms with Crippen LogP contribution < -0.4 is 5.73 Å². The van der Waals surface area contributed by atoms with Crippen LogP contribution in [0.25, 0.3) is 0 Å². The van der Waals surface area contributed by atoms with Crippen LogP contribution in [-0.4, -0.2) is 31.0 Å². The summed E-state index contributed by atoms with van der Waals surface area (Å²) in [5, 5.41) is 9.43. The van der Waals surface area contributed by atoms with Crippen LogP contribution in [0.1, 0.15) is 44.9 Å². The van der Waals surface area contributed by atoms with Crippen LogP contribution in [-0.2, 0) is 4.74 Å². The van der Waals surface area contributed by atoms with Crippen molar-refractivity contribution in [2.24, 2.45) is 23.2 Å². The van der Waals surface area contributed by atoms with Crippen molar-refractivity contribution in [2.45, 2.75) is 51.0 Å². The topological polar surface area (TPSA) is 57.1 Å². The van der Waals surface area contributed by atoms with Gasteiger partial charge in [0.2, 0.25) is 0 Å². The standard InChI is InChI=1S/C15H27NO2/c16-9-14(17)10-18-2-1-15-6-11-3-12(7-15)5-13(4-11)8-15/h11-14,17H,1-10,16H2/p+1/t11?,12?,13?,14-,15?/m1/s1. The van der Waals surface area contributed by atoms with E-state index in [4.69, 9.17) is 4.74 Å². The molecule has 0 spiro atoms. The van der Waals surface area contributed by atoms with Gasteiger partial charge >= 0.3 is 0 Å². The number of ether oxygens (including phenoxy) is 1. The Hall–Kier alpha value is -0.120. The summed E-state index contributed by atoms with van der Waals surface area (Å²) in [6.07, 6.45) is 9.77. The van der Waals surface area contributed by atoms with Crippen molar-refractivity contribution in [2.75, 3.05) is 19.8 Å². The van der Waals surface area contributed by atoms with Crippen molar-refractivity contribution in [1.29, 1.82) is 0 Å². The van der Waals surface area contributed by atoms with Crippen LogP contribution in [0.2, 0.25) is 0 Å². The maximum absolute atomic E-state index is 9.43. The molecule has 0 heterocycles. The summed E-state index contributed by atoms with van der Waals surface area (Å²) in [6, 6.07) is 0. The Kier molecular flexibility index (Phi) is 3.65. The molecule has 0 amide bonds. The summed E-state index contributed by atoms with van der Waals surface area (Å²) in [7, 11) is 0. The van der Waals surface area contributed by atoms with Gasteiger partial charge in [0.1, 0.15) is 12.6 Å². The lowest BCUT2D eigenvalue weighted by Gasteiger charge is -2.57. The highest BCUT2D eigenvalue weighted by molar-refractivity contribution is 5.01. The van der Waals surface area contributed by atoms with Gasteiger partial charge in [-0.2, -0.15) is 0 Å². The lowest BCUT2D eigenvalue weighted by molar-refractivity contribution is -0.385. The Morgan fingerprint density at radius 1 is 1.11 bits per heavy atom. The highest BCUT2D eigenvalue weighted by atomic mass is 16.5. The second kappa shape index (κ2) is 5.10. The zero-order chi connectivity index (χ0) is 12.6. The van der Waals surface area contributed by atoms with Gasteiger partial charge in [0.05, 0.1) is 6.61 Å². The van der Waals surface area contributed by atoms with E-state index in [1.54, 1.807) is 0 Å². The maximum atomic E-state index is 9.43. The van der Waals surface area contributed by atoms with Crippen LogP contribution in [0.5, 0.6) is 0 Å². The van der Waals surface area contributed by atoms with Crippen LogP contribution >= 0.6 is 0 Å². The Morgan fingerprint density at radius 3 is 2.17 bits per heavy atom. The molecule has 0 radical (unpaired) electrons. The summed E-state index contributed by atoms with van der Waals surface area (Å²) in [6.45, 7) is 1.86. The molecule has 4 aliphatic carbocycles. The molecule has 4 N–H and O–H groups in total. The summed E-state index contributed by atoms with van der Waals surface area (Å²) >= 11 is 0. The van der Waals surface area contributed by atoms with Gasteiger partial charge < -0.3 is 15.6 Å². The zero-order valence-electron chi connectivity index (χ0n) is 11.4. The lowest BCUT2D eigenvalue weighted by atomic mass is 9.49. The largest absolute Gasteiger partial charge is 0.385 e. The Balaban J connectivity index is 1.47. The molecule has 4 rings (SSSR count). The number of quaternary nitrogens is 1. The van der Waals surface area contributed by atoms with Gasteiger partial charge in [0, 0.05) is 6.61 Å². The molecule has 0 aromatic heterocycles. The van der Waals surface area contributed by atoms with E-state index in [0.717, 1.165) is 24.4 Å². The molecule has 18 heavy (non-hydrogen) atoms. The smallest absolute Gasteiger partial charge is 0.126 e. The van der Waals surface area contributed by atoms with E-state index in [0.29, 0.717) is 18.6 Å². The van der Waals surface area contributed by atoms with Gasteiger partial charge in [-0.1, -0.05) is 0 Å². The summed E-state index contributed by atoms with van der Waals surface area (Å²) < 4.78 is 5.64. The van der Waals surface area contributed by atoms with E-state index in [1.807, 2.05) is 0 Å². The van der Waals surface area contributed by atoms with Crippen molar-refractivity contribution >= 4 is 0 Å². The van der Waals surface area contributed by atoms with Crippen LogP contribution in [0.4, 0.5) is 0 Å². The van der Waals surface area contributed by atoms with E-state index in [1.165, 1.54) is 44.9 Å². The molecule has 4 fully saturated rings. The number of hydrogen-bond donors (Lipinski definition) is 2. The first-order valence-electron chi connectivity index (χ1n) is 7.74. The minimum absolute atomic E-state index is 0.374. The zero-order valence-corrected chi connectivity index (χ0v) is 11.4. The molecular weight excluding hydrogens is 226 g/mol. The first-order valence-corrected chi connectivity index (χ1v) is 7.74. The van der Waals surface area contributed by atoms with E-state index < -0.39 is 0 Å². The molecule has 0 aromatic rings. The first-order chi connectivity index (χ1) is 8.69. The molecule has 104 valence electrons. The lowest BCUT2D eigenvalue weighted by Crippen LogP contribution is -2.56. The van der Waals surface area contributed by atoms with Crippen molar-refractivity contribution in [3.05, 3.63) is 0 Å². The van der Waals surface area contributed by atoms with Gasteiger partial charge in [-0.05, 0) is 68.1 Å². The van der Waals surface area contributed by atoms with Crippen LogP contribution in [0.15, 0.2) is 0 Å².